The Morgan fingerprint density at radius 1 is 1.15 bits per heavy atom. The van der Waals surface area contributed by atoms with Gasteiger partial charge in [-0.1, -0.05) is 12.1 Å². The molecule has 1 aromatic carbocycles. The van der Waals surface area contributed by atoms with Crippen LogP contribution in [0.4, 0.5) is 5.69 Å². The first-order valence-electron chi connectivity index (χ1n) is 8.40. The van der Waals surface area contributed by atoms with Gasteiger partial charge in [0.2, 0.25) is 18.2 Å². The minimum Gasteiger partial charge on any atom is -0.465 e. The second-order valence-corrected chi connectivity index (χ2v) is 5.95. The summed E-state index contributed by atoms with van der Waals surface area (Å²) in [6, 6.07) is 6.64. The van der Waals surface area contributed by atoms with Crippen molar-refractivity contribution in [1.29, 1.82) is 0 Å². The van der Waals surface area contributed by atoms with Gasteiger partial charge in [-0.05, 0) is 12.1 Å². The second-order valence-electron chi connectivity index (χ2n) is 5.95. The fraction of sp³-hybridized carbons (Fsp3) is 0.444. The number of carbonyl (C=O) groups is 4. The van der Waals surface area contributed by atoms with Crippen LogP contribution >= 0.6 is 0 Å². The first-order chi connectivity index (χ1) is 12.5. The highest BCUT2D eigenvalue weighted by Gasteiger charge is 2.23. The minimum absolute atomic E-state index is 0.0858. The van der Waals surface area contributed by atoms with Crippen molar-refractivity contribution in [3.05, 3.63) is 29.8 Å². The van der Waals surface area contributed by atoms with E-state index in [-0.39, 0.29) is 30.3 Å². The van der Waals surface area contributed by atoms with Gasteiger partial charge in [-0.2, -0.15) is 0 Å². The maximum Gasteiger partial charge on any atom is 0.339 e. The van der Waals surface area contributed by atoms with Crippen LogP contribution in [-0.2, 0) is 19.1 Å². The second kappa shape index (κ2) is 8.98. The molecule has 0 radical (unpaired) electrons. The van der Waals surface area contributed by atoms with Crippen molar-refractivity contribution < 1.29 is 23.9 Å². The highest BCUT2D eigenvalue weighted by molar-refractivity contribution is 6.02. The lowest BCUT2D eigenvalue weighted by Crippen LogP contribution is -2.48. The third-order valence-corrected chi connectivity index (χ3v) is 4.35. The third-order valence-electron chi connectivity index (χ3n) is 4.35. The van der Waals surface area contributed by atoms with Gasteiger partial charge in [-0.25, -0.2) is 4.79 Å². The lowest BCUT2D eigenvalue weighted by atomic mass is 10.1. The molecular formula is C18H23N3O5. The lowest BCUT2D eigenvalue weighted by Gasteiger charge is -2.33. The number of benzene rings is 1. The van der Waals surface area contributed by atoms with Crippen molar-refractivity contribution >= 4 is 29.9 Å². The summed E-state index contributed by atoms with van der Waals surface area (Å²) in [5.41, 5.74) is 0.697. The SMILES string of the molecule is COC(=O)c1ccccc1N(CCC(=O)N1CCN(C=O)CC1)C(C)=O. The van der Waals surface area contributed by atoms with Gasteiger partial charge in [0, 0.05) is 46.1 Å². The predicted octanol–water partition coefficient (Wildman–Crippen LogP) is 0.517. The molecule has 0 aliphatic carbocycles. The number of nitrogens with zero attached hydrogens (tertiary/aromatic N) is 3. The largest absolute Gasteiger partial charge is 0.465 e. The van der Waals surface area contributed by atoms with E-state index in [4.69, 9.17) is 4.74 Å². The molecule has 1 fully saturated rings. The summed E-state index contributed by atoms with van der Waals surface area (Å²) < 4.78 is 4.76. The fourth-order valence-corrected chi connectivity index (χ4v) is 2.88. The number of anilines is 1. The maximum atomic E-state index is 12.4. The van der Waals surface area contributed by atoms with Crippen LogP contribution in [0.15, 0.2) is 24.3 Å². The van der Waals surface area contributed by atoms with Gasteiger partial charge >= 0.3 is 5.97 Å². The Morgan fingerprint density at radius 2 is 1.81 bits per heavy atom. The molecule has 1 heterocycles. The molecule has 0 unspecified atom stereocenters. The molecule has 1 saturated heterocycles. The van der Waals surface area contributed by atoms with Crippen molar-refractivity contribution in [3.8, 4) is 0 Å². The molecule has 0 N–H and O–H groups in total. The molecule has 8 nitrogen and oxygen atoms in total. The molecule has 0 aromatic heterocycles. The van der Waals surface area contributed by atoms with Crippen molar-refractivity contribution in [2.24, 2.45) is 0 Å². The Morgan fingerprint density at radius 3 is 2.38 bits per heavy atom. The van der Waals surface area contributed by atoms with Gasteiger partial charge < -0.3 is 19.4 Å². The number of piperazine rings is 1. The summed E-state index contributed by atoms with van der Waals surface area (Å²) >= 11 is 0. The van der Waals surface area contributed by atoms with Crippen molar-refractivity contribution in [2.45, 2.75) is 13.3 Å². The van der Waals surface area contributed by atoms with E-state index in [0.29, 0.717) is 31.9 Å². The van der Waals surface area contributed by atoms with E-state index in [2.05, 4.69) is 0 Å². The number of para-hydroxylation sites is 1. The van der Waals surface area contributed by atoms with Crippen LogP contribution in [0, 0.1) is 0 Å². The topological polar surface area (TPSA) is 87.2 Å². The Balaban J connectivity index is 2.06. The van der Waals surface area contributed by atoms with Gasteiger partial charge in [0.15, 0.2) is 0 Å². The summed E-state index contributed by atoms with van der Waals surface area (Å²) in [6.45, 7) is 3.54. The Kier molecular flexibility index (Phi) is 6.71. The average molecular weight is 361 g/mol. The fourth-order valence-electron chi connectivity index (χ4n) is 2.88. The molecule has 3 amide bonds. The number of hydrogen-bond donors (Lipinski definition) is 0. The molecule has 0 spiro atoms. The van der Waals surface area contributed by atoms with E-state index < -0.39 is 5.97 Å². The van der Waals surface area contributed by atoms with Crippen LogP contribution in [0.2, 0.25) is 0 Å². The summed E-state index contributed by atoms with van der Waals surface area (Å²) in [5.74, 6) is -0.888. The van der Waals surface area contributed by atoms with Crippen molar-refractivity contribution in [2.75, 3.05) is 44.7 Å². The molecule has 0 atom stereocenters. The Hall–Kier alpha value is -2.90. The predicted molar refractivity (Wildman–Crippen MR) is 94.6 cm³/mol. The molecule has 1 aliphatic rings. The summed E-state index contributed by atoms with van der Waals surface area (Å²) in [4.78, 5) is 51.9. The zero-order valence-electron chi connectivity index (χ0n) is 15.0. The third kappa shape index (κ3) is 4.59. The number of esters is 1. The summed E-state index contributed by atoms with van der Waals surface area (Å²) in [7, 11) is 1.28. The normalized spacial score (nSPS) is 13.9. The van der Waals surface area contributed by atoms with Gasteiger partial charge in [0.1, 0.15) is 0 Å². The van der Waals surface area contributed by atoms with Crippen LogP contribution in [0.25, 0.3) is 0 Å². The zero-order chi connectivity index (χ0) is 19.1. The molecular weight excluding hydrogens is 338 g/mol. The van der Waals surface area contributed by atoms with Crippen LogP contribution < -0.4 is 4.90 Å². The number of amides is 3. The molecule has 0 bridgehead atoms. The number of hydrogen-bond acceptors (Lipinski definition) is 5. The molecule has 140 valence electrons. The quantitative estimate of drug-likeness (QED) is 0.544. The molecule has 26 heavy (non-hydrogen) atoms. The van der Waals surface area contributed by atoms with Gasteiger partial charge in [0.25, 0.3) is 0 Å². The van der Waals surface area contributed by atoms with Crippen LogP contribution in [0.3, 0.4) is 0 Å². The number of methoxy groups -OCH3 is 1. The van der Waals surface area contributed by atoms with E-state index in [1.165, 1.54) is 18.9 Å². The van der Waals surface area contributed by atoms with E-state index in [1.54, 1.807) is 34.1 Å². The maximum absolute atomic E-state index is 12.4. The van der Waals surface area contributed by atoms with Crippen LogP contribution in [-0.4, -0.2) is 73.8 Å². The van der Waals surface area contributed by atoms with E-state index in [9.17, 15) is 19.2 Å². The van der Waals surface area contributed by atoms with Crippen molar-refractivity contribution in [1.82, 2.24) is 9.80 Å². The summed E-state index contributed by atoms with van der Waals surface area (Å²) in [5, 5.41) is 0. The number of carbonyl (C=O) groups excluding carboxylic acids is 4. The first kappa shape index (κ1) is 19.4. The minimum atomic E-state index is -0.539. The monoisotopic (exact) mass is 361 g/mol. The summed E-state index contributed by atoms with van der Waals surface area (Å²) in [6.07, 6.45) is 0.916. The number of ether oxygens (including phenoxy) is 1. The van der Waals surface area contributed by atoms with Crippen LogP contribution in [0.5, 0.6) is 0 Å². The Labute approximate surface area is 152 Å². The van der Waals surface area contributed by atoms with Crippen LogP contribution in [0.1, 0.15) is 23.7 Å². The van der Waals surface area contributed by atoms with E-state index >= 15 is 0 Å². The van der Waals surface area contributed by atoms with Gasteiger partial charge in [0.05, 0.1) is 18.4 Å². The highest BCUT2D eigenvalue weighted by Crippen LogP contribution is 2.22. The molecule has 2 rings (SSSR count). The van der Waals surface area contributed by atoms with Gasteiger partial charge in [-0.3, -0.25) is 14.4 Å². The Bertz CT molecular complexity index is 683. The number of rotatable bonds is 6. The standard InChI is InChI=1S/C18H23N3O5/c1-14(23)21(16-6-4-3-5-15(16)18(25)26-2)8-7-17(24)20-11-9-19(13-22)10-12-20/h3-6,13H,7-12H2,1-2H3. The lowest BCUT2D eigenvalue weighted by molar-refractivity contribution is -0.135. The average Bonchev–Trinajstić information content (AvgIpc) is 2.67. The highest BCUT2D eigenvalue weighted by atomic mass is 16.5. The first-order valence-corrected chi connectivity index (χ1v) is 8.40. The van der Waals surface area contributed by atoms with E-state index in [0.717, 1.165) is 6.41 Å². The van der Waals surface area contributed by atoms with E-state index in [1.807, 2.05) is 0 Å². The molecule has 1 aromatic rings. The molecule has 0 saturated carbocycles. The molecule has 8 heteroatoms. The smallest absolute Gasteiger partial charge is 0.339 e. The molecule has 1 aliphatic heterocycles. The van der Waals surface area contributed by atoms with Gasteiger partial charge in [-0.15, -0.1) is 0 Å². The van der Waals surface area contributed by atoms with Crippen molar-refractivity contribution in [3.63, 3.8) is 0 Å². The zero-order valence-corrected chi connectivity index (χ0v) is 15.0.